The predicted octanol–water partition coefficient (Wildman–Crippen LogP) is 3.39. The lowest BCUT2D eigenvalue weighted by Gasteiger charge is -2.14. The van der Waals surface area contributed by atoms with E-state index >= 15 is 0 Å². The van der Waals surface area contributed by atoms with Crippen molar-refractivity contribution < 1.29 is 19.1 Å². The second-order valence-electron chi connectivity index (χ2n) is 6.53. The summed E-state index contributed by atoms with van der Waals surface area (Å²) in [4.78, 5) is 28.5. The predicted molar refractivity (Wildman–Crippen MR) is 107 cm³/mol. The fourth-order valence-electron chi connectivity index (χ4n) is 3.02. The van der Waals surface area contributed by atoms with Crippen LogP contribution in [0.3, 0.4) is 0 Å². The number of halogens is 1. The highest BCUT2D eigenvalue weighted by atomic mass is 19.1. The van der Waals surface area contributed by atoms with E-state index in [1.807, 2.05) is 0 Å². The van der Waals surface area contributed by atoms with E-state index in [-0.39, 0.29) is 34.1 Å². The minimum absolute atomic E-state index is 0.00655. The average molecular weight is 393 g/mol. The molecule has 4 rings (SSSR count). The first-order valence-corrected chi connectivity index (χ1v) is 8.61. The number of amides is 2. The number of primary amides is 1. The van der Waals surface area contributed by atoms with E-state index in [2.05, 4.69) is 20.9 Å². The van der Waals surface area contributed by atoms with E-state index < -0.39 is 17.6 Å². The Balaban J connectivity index is 1.76. The van der Waals surface area contributed by atoms with Crippen molar-refractivity contribution in [2.75, 3.05) is 16.0 Å². The number of aryl methyl sites for hydroxylation is 1. The summed E-state index contributed by atoms with van der Waals surface area (Å²) in [5.74, 6) is -1.56. The van der Waals surface area contributed by atoms with Gasteiger partial charge in [0.15, 0.2) is 0 Å². The third kappa shape index (κ3) is 3.29. The number of carbonyl (C=O) groups is 2. The molecule has 1 aliphatic heterocycles. The Labute approximate surface area is 164 Å². The van der Waals surface area contributed by atoms with Crippen LogP contribution in [-0.4, -0.2) is 21.9 Å². The summed E-state index contributed by atoms with van der Waals surface area (Å²) >= 11 is 0. The number of carbonyl (C=O) groups excluding carboxylic acids is 2. The van der Waals surface area contributed by atoms with Crippen LogP contribution in [0.5, 0.6) is 5.75 Å². The lowest BCUT2D eigenvalue weighted by Crippen LogP contribution is -2.15. The van der Waals surface area contributed by atoms with Gasteiger partial charge in [0.2, 0.25) is 5.91 Å². The number of benzene rings is 2. The van der Waals surface area contributed by atoms with Gasteiger partial charge in [-0.05, 0) is 42.8 Å². The number of rotatable bonds is 3. The second kappa shape index (κ2) is 6.79. The molecule has 1 aliphatic rings. The third-order valence-electron chi connectivity index (χ3n) is 4.54. The lowest BCUT2D eigenvalue weighted by molar-refractivity contribution is 0.0996. The SMILES string of the molecule is Cc1cc(F)c(Nc2ccnc3c2C(=O)Nc2cc(C(N)=O)ccc2N3)cc1O. The molecule has 0 atom stereocenters. The van der Waals surface area contributed by atoms with E-state index in [0.717, 1.165) is 0 Å². The monoisotopic (exact) mass is 393 g/mol. The lowest BCUT2D eigenvalue weighted by atomic mass is 10.1. The number of pyridine rings is 1. The van der Waals surface area contributed by atoms with Crippen LogP contribution in [0.2, 0.25) is 0 Å². The number of nitrogens with two attached hydrogens (primary N) is 1. The first kappa shape index (κ1) is 18.2. The Morgan fingerprint density at radius 3 is 2.69 bits per heavy atom. The quantitative estimate of drug-likeness (QED) is 0.464. The van der Waals surface area contributed by atoms with Crippen molar-refractivity contribution >= 4 is 40.4 Å². The first-order valence-electron chi connectivity index (χ1n) is 8.61. The summed E-state index contributed by atoms with van der Waals surface area (Å²) < 4.78 is 14.3. The van der Waals surface area contributed by atoms with Crippen molar-refractivity contribution in [3.05, 3.63) is 65.1 Å². The molecule has 29 heavy (non-hydrogen) atoms. The van der Waals surface area contributed by atoms with Gasteiger partial charge in [0.05, 0.1) is 22.7 Å². The van der Waals surface area contributed by atoms with Gasteiger partial charge < -0.3 is 26.8 Å². The van der Waals surface area contributed by atoms with Gasteiger partial charge in [0.25, 0.3) is 5.91 Å². The molecule has 0 saturated heterocycles. The second-order valence-corrected chi connectivity index (χ2v) is 6.53. The minimum atomic E-state index is -0.626. The number of anilines is 5. The van der Waals surface area contributed by atoms with Crippen LogP contribution in [0.25, 0.3) is 0 Å². The van der Waals surface area contributed by atoms with Crippen LogP contribution in [-0.2, 0) is 0 Å². The van der Waals surface area contributed by atoms with Crippen LogP contribution in [0, 0.1) is 12.7 Å². The summed E-state index contributed by atoms with van der Waals surface area (Å²) in [6.45, 7) is 1.58. The molecule has 0 unspecified atom stereocenters. The Morgan fingerprint density at radius 2 is 1.93 bits per heavy atom. The van der Waals surface area contributed by atoms with Crippen LogP contribution >= 0.6 is 0 Å². The number of fused-ring (bicyclic) bond motifs is 2. The zero-order chi connectivity index (χ0) is 20.7. The smallest absolute Gasteiger partial charge is 0.261 e. The van der Waals surface area contributed by atoms with E-state index in [9.17, 15) is 19.1 Å². The summed E-state index contributed by atoms with van der Waals surface area (Å²) in [6, 6.07) is 8.53. The molecule has 146 valence electrons. The van der Waals surface area contributed by atoms with E-state index in [0.29, 0.717) is 16.9 Å². The highest BCUT2D eigenvalue weighted by Gasteiger charge is 2.24. The van der Waals surface area contributed by atoms with Gasteiger partial charge in [-0.2, -0.15) is 0 Å². The molecule has 0 spiro atoms. The molecule has 3 aromatic rings. The molecule has 2 heterocycles. The molecule has 0 aliphatic carbocycles. The van der Waals surface area contributed by atoms with Crippen molar-refractivity contribution in [1.29, 1.82) is 0 Å². The van der Waals surface area contributed by atoms with Crippen molar-refractivity contribution in [3.8, 4) is 5.75 Å². The number of nitrogens with one attached hydrogen (secondary N) is 3. The molecule has 6 N–H and O–H groups in total. The summed E-state index contributed by atoms with van der Waals surface area (Å²) in [6.07, 6.45) is 1.45. The molecular formula is C20H16FN5O3. The molecule has 2 amide bonds. The van der Waals surface area contributed by atoms with Crippen molar-refractivity contribution in [1.82, 2.24) is 4.98 Å². The maximum atomic E-state index is 14.3. The Bertz CT molecular complexity index is 1180. The van der Waals surface area contributed by atoms with Crippen molar-refractivity contribution in [2.45, 2.75) is 6.92 Å². The Hall–Kier alpha value is -4.14. The van der Waals surface area contributed by atoms with Crippen LogP contribution in [0.1, 0.15) is 26.3 Å². The maximum absolute atomic E-state index is 14.3. The number of aromatic hydroxyl groups is 1. The highest BCUT2D eigenvalue weighted by molar-refractivity contribution is 6.15. The molecule has 2 aromatic carbocycles. The summed E-state index contributed by atoms with van der Waals surface area (Å²) in [7, 11) is 0. The number of hydrogen-bond acceptors (Lipinski definition) is 6. The van der Waals surface area contributed by atoms with Gasteiger partial charge in [0.1, 0.15) is 22.9 Å². The van der Waals surface area contributed by atoms with Crippen molar-refractivity contribution in [2.24, 2.45) is 5.73 Å². The number of phenols is 1. The Kier molecular flexibility index (Phi) is 4.27. The van der Waals surface area contributed by atoms with Gasteiger partial charge in [0, 0.05) is 17.8 Å². The number of nitrogens with zero attached hydrogens (tertiary/aromatic N) is 1. The van der Waals surface area contributed by atoms with Crippen LogP contribution in [0.15, 0.2) is 42.6 Å². The molecule has 1 aromatic heterocycles. The maximum Gasteiger partial charge on any atom is 0.261 e. The fraction of sp³-hybridized carbons (Fsp3) is 0.0500. The molecule has 0 bridgehead atoms. The minimum Gasteiger partial charge on any atom is -0.508 e. The van der Waals surface area contributed by atoms with Crippen LogP contribution < -0.4 is 21.7 Å². The highest BCUT2D eigenvalue weighted by Crippen LogP contribution is 2.36. The van der Waals surface area contributed by atoms with Gasteiger partial charge in [-0.25, -0.2) is 9.37 Å². The average Bonchev–Trinajstić information content (AvgIpc) is 2.81. The normalized spacial score (nSPS) is 12.1. The van der Waals surface area contributed by atoms with E-state index in [1.54, 1.807) is 13.0 Å². The Morgan fingerprint density at radius 1 is 1.14 bits per heavy atom. The largest absolute Gasteiger partial charge is 0.508 e. The van der Waals surface area contributed by atoms with Crippen molar-refractivity contribution in [3.63, 3.8) is 0 Å². The summed E-state index contributed by atoms with van der Waals surface area (Å²) in [5, 5.41) is 18.4. The van der Waals surface area contributed by atoms with E-state index in [1.165, 1.54) is 36.5 Å². The molecule has 0 saturated carbocycles. The molecular weight excluding hydrogens is 377 g/mol. The van der Waals surface area contributed by atoms with E-state index in [4.69, 9.17) is 5.73 Å². The van der Waals surface area contributed by atoms with Gasteiger partial charge in [-0.3, -0.25) is 9.59 Å². The number of hydrogen-bond donors (Lipinski definition) is 5. The van der Waals surface area contributed by atoms with Crippen LogP contribution in [0.4, 0.5) is 33.0 Å². The summed E-state index contributed by atoms with van der Waals surface area (Å²) in [5.41, 5.74) is 7.24. The zero-order valence-electron chi connectivity index (χ0n) is 15.2. The number of aromatic nitrogens is 1. The molecule has 9 heteroatoms. The molecule has 0 radical (unpaired) electrons. The number of phenolic OH excluding ortho intramolecular Hbond substituents is 1. The molecule has 8 nitrogen and oxygen atoms in total. The topological polar surface area (TPSA) is 129 Å². The molecule has 0 fully saturated rings. The fourth-order valence-corrected chi connectivity index (χ4v) is 3.02. The van der Waals surface area contributed by atoms with Gasteiger partial charge >= 0.3 is 0 Å². The third-order valence-corrected chi connectivity index (χ3v) is 4.54. The standard InChI is InChI=1S/C20H16FN5O3/c1-9-6-11(21)14(8-16(9)27)24-13-4-5-23-19-17(13)20(29)26-15-7-10(18(22)28)2-3-12(15)25-19/h2-8,27H,1H3,(H2,22,28)(H,26,29)(H2,23,24,25). The zero-order valence-corrected chi connectivity index (χ0v) is 15.2. The van der Waals surface area contributed by atoms with Gasteiger partial charge in [-0.15, -0.1) is 0 Å². The van der Waals surface area contributed by atoms with Gasteiger partial charge in [-0.1, -0.05) is 0 Å². The first-order chi connectivity index (χ1) is 13.8.